The first-order valence-corrected chi connectivity index (χ1v) is 8.77. The molecule has 7 nitrogen and oxygen atoms in total. The summed E-state index contributed by atoms with van der Waals surface area (Å²) < 4.78 is 28.6. The summed E-state index contributed by atoms with van der Waals surface area (Å²) in [6.07, 6.45) is 3.34. The van der Waals surface area contributed by atoms with Crippen LogP contribution in [-0.2, 0) is 16.6 Å². The molecule has 0 unspecified atom stereocenters. The van der Waals surface area contributed by atoms with Crippen molar-refractivity contribution >= 4 is 43.5 Å². The Labute approximate surface area is 123 Å². The van der Waals surface area contributed by atoms with E-state index in [4.69, 9.17) is 5.73 Å². The third-order valence-corrected chi connectivity index (χ3v) is 5.69. The molecule has 0 aromatic carbocycles. The summed E-state index contributed by atoms with van der Waals surface area (Å²) in [6.45, 7) is 2.05. The summed E-state index contributed by atoms with van der Waals surface area (Å²) in [5.74, 6) is -0.000306. The van der Waals surface area contributed by atoms with Crippen molar-refractivity contribution < 1.29 is 8.42 Å². The maximum atomic E-state index is 12.3. The Kier molecular flexibility index (Phi) is 3.24. The number of nitrogens with zero attached hydrogens (tertiary/aromatic N) is 3. The van der Waals surface area contributed by atoms with E-state index >= 15 is 0 Å². The molecule has 0 saturated heterocycles. The molecule has 3 aromatic rings. The maximum absolute atomic E-state index is 12.3. The van der Waals surface area contributed by atoms with Crippen molar-refractivity contribution in [1.82, 2.24) is 19.1 Å². The van der Waals surface area contributed by atoms with Crippen LogP contribution in [0.1, 0.15) is 9.88 Å². The lowest BCUT2D eigenvalue weighted by atomic mass is 10.6. The largest absolute Gasteiger partial charge is 0.381 e. The Bertz CT molecular complexity index is 861. The number of aromatic nitrogens is 3. The molecule has 0 spiro atoms. The molecule has 106 valence electrons. The average molecular weight is 329 g/mol. The predicted octanol–water partition coefficient (Wildman–Crippen LogP) is 1.22. The smallest absolute Gasteiger partial charge is 0.260 e. The zero-order chi connectivity index (χ0) is 14.3. The first-order chi connectivity index (χ1) is 9.47. The lowest BCUT2D eigenvalue weighted by molar-refractivity contribution is 0.577. The molecule has 3 N–H and O–H groups in total. The molecular formula is C10H11N5O2S3. The van der Waals surface area contributed by atoms with Gasteiger partial charge in [-0.2, -0.15) is 0 Å². The number of nitrogens with one attached hydrogen (secondary N) is 1. The van der Waals surface area contributed by atoms with E-state index in [9.17, 15) is 8.42 Å². The molecule has 0 bridgehead atoms. The summed E-state index contributed by atoms with van der Waals surface area (Å²) in [6, 6.07) is 0. The van der Waals surface area contributed by atoms with Gasteiger partial charge in [-0.3, -0.25) is 4.40 Å². The Hall–Kier alpha value is -1.49. The number of hydrogen-bond acceptors (Lipinski definition) is 7. The molecule has 0 aliphatic carbocycles. The third kappa shape index (κ3) is 2.30. The summed E-state index contributed by atoms with van der Waals surface area (Å²) >= 11 is 2.77. The average Bonchev–Trinajstić information content (AvgIpc) is 3.02. The lowest BCUT2D eigenvalue weighted by Crippen LogP contribution is -2.25. The predicted molar refractivity (Wildman–Crippen MR) is 78.4 cm³/mol. The second kappa shape index (κ2) is 4.81. The van der Waals surface area contributed by atoms with Gasteiger partial charge in [0.25, 0.3) is 10.0 Å². The van der Waals surface area contributed by atoms with Gasteiger partial charge in [-0.15, -0.1) is 22.7 Å². The number of thiazole rings is 2. The van der Waals surface area contributed by atoms with Crippen LogP contribution in [0.25, 0.3) is 4.96 Å². The molecule has 0 radical (unpaired) electrons. The molecule has 0 aliphatic heterocycles. The first-order valence-electron chi connectivity index (χ1n) is 5.59. The molecule has 0 atom stereocenters. The number of imidazole rings is 1. The molecule has 0 saturated carbocycles. The lowest BCUT2D eigenvalue weighted by Gasteiger charge is -2.04. The van der Waals surface area contributed by atoms with Crippen molar-refractivity contribution in [3.8, 4) is 0 Å². The van der Waals surface area contributed by atoms with Gasteiger partial charge in [0.05, 0.1) is 6.54 Å². The minimum atomic E-state index is -3.73. The monoisotopic (exact) mass is 329 g/mol. The zero-order valence-electron chi connectivity index (χ0n) is 10.4. The van der Waals surface area contributed by atoms with Crippen molar-refractivity contribution in [3.63, 3.8) is 0 Å². The van der Waals surface area contributed by atoms with Crippen LogP contribution in [0.4, 0.5) is 5.82 Å². The SMILES string of the molecule is Cc1cnc(CNS(=O)(=O)c2c(N)nc3sccn23)s1. The van der Waals surface area contributed by atoms with Gasteiger partial charge in [0.1, 0.15) is 5.01 Å². The highest BCUT2D eigenvalue weighted by atomic mass is 32.2. The molecule has 20 heavy (non-hydrogen) atoms. The van der Waals surface area contributed by atoms with Crippen LogP contribution >= 0.6 is 22.7 Å². The number of anilines is 1. The van der Waals surface area contributed by atoms with Crippen LogP contribution in [-0.4, -0.2) is 22.8 Å². The van der Waals surface area contributed by atoms with Gasteiger partial charge in [-0.1, -0.05) is 0 Å². The molecule has 3 heterocycles. The highest BCUT2D eigenvalue weighted by Crippen LogP contribution is 2.23. The molecule has 3 aromatic heterocycles. The molecule has 10 heteroatoms. The second-order valence-electron chi connectivity index (χ2n) is 4.05. The van der Waals surface area contributed by atoms with Gasteiger partial charge >= 0.3 is 0 Å². The van der Waals surface area contributed by atoms with Crippen molar-refractivity contribution in [1.29, 1.82) is 0 Å². The van der Waals surface area contributed by atoms with Crippen molar-refractivity contribution in [2.75, 3.05) is 5.73 Å². The first kappa shape index (κ1) is 13.5. The number of nitrogen functional groups attached to an aromatic ring is 1. The van der Waals surface area contributed by atoms with Crippen LogP contribution in [0.15, 0.2) is 22.8 Å². The van der Waals surface area contributed by atoms with E-state index < -0.39 is 10.0 Å². The Morgan fingerprint density at radius 1 is 1.50 bits per heavy atom. The molecule has 0 amide bonds. The van der Waals surface area contributed by atoms with Gasteiger partial charge in [-0.05, 0) is 6.92 Å². The number of rotatable bonds is 4. The van der Waals surface area contributed by atoms with E-state index in [1.54, 1.807) is 17.8 Å². The minimum absolute atomic E-state index is 0.000306. The number of nitrogens with two attached hydrogens (primary N) is 1. The third-order valence-electron chi connectivity index (χ3n) is 2.58. The zero-order valence-corrected chi connectivity index (χ0v) is 12.8. The molecular weight excluding hydrogens is 318 g/mol. The van der Waals surface area contributed by atoms with E-state index in [0.717, 1.165) is 4.88 Å². The molecule has 3 rings (SSSR count). The number of fused-ring (bicyclic) bond motifs is 1. The van der Waals surface area contributed by atoms with E-state index in [0.29, 0.717) is 9.97 Å². The fraction of sp³-hybridized carbons (Fsp3) is 0.200. The normalized spacial score (nSPS) is 12.2. The van der Waals surface area contributed by atoms with Gasteiger partial charge in [-0.25, -0.2) is 23.1 Å². The van der Waals surface area contributed by atoms with E-state index in [-0.39, 0.29) is 17.4 Å². The van der Waals surface area contributed by atoms with Crippen LogP contribution in [0, 0.1) is 6.92 Å². The van der Waals surface area contributed by atoms with E-state index in [1.165, 1.54) is 27.1 Å². The van der Waals surface area contributed by atoms with Gasteiger partial charge < -0.3 is 5.73 Å². The highest BCUT2D eigenvalue weighted by molar-refractivity contribution is 7.89. The van der Waals surface area contributed by atoms with Crippen molar-refractivity contribution in [2.24, 2.45) is 0 Å². The summed E-state index contributed by atoms with van der Waals surface area (Å²) in [4.78, 5) is 9.72. The van der Waals surface area contributed by atoms with Crippen molar-refractivity contribution in [2.45, 2.75) is 18.5 Å². The summed E-state index contributed by atoms with van der Waals surface area (Å²) in [5.41, 5.74) is 5.70. The van der Waals surface area contributed by atoms with Crippen LogP contribution < -0.4 is 10.5 Å². The fourth-order valence-corrected chi connectivity index (χ4v) is 4.54. The Balaban J connectivity index is 1.91. The van der Waals surface area contributed by atoms with E-state index in [1.807, 2.05) is 6.92 Å². The van der Waals surface area contributed by atoms with Crippen LogP contribution in [0.5, 0.6) is 0 Å². The Morgan fingerprint density at radius 3 is 3.00 bits per heavy atom. The van der Waals surface area contributed by atoms with Gasteiger partial charge in [0.15, 0.2) is 15.8 Å². The number of hydrogen-bond donors (Lipinski definition) is 2. The topological polar surface area (TPSA) is 102 Å². The van der Waals surface area contributed by atoms with Crippen LogP contribution in [0.3, 0.4) is 0 Å². The van der Waals surface area contributed by atoms with Gasteiger partial charge in [0, 0.05) is 22.7 Å². The standard InChI is InChI=1S/C10H11N5O2S3/c1-6-4-12-7(19-6)5-13-20(16,17)9-8(11)14-10-15(9)2-3-18-10/h2-4,13H,5,11H2,1H3. The molecule has 0 aliphatic rings. The minimum Gasteiger partial charge on any atom is -0.381 e. The fourth-order valence-electron chi connectivity index (χ4n) is 1.76. The second-order valence-corrected chi connectivity index (χ2v) is 7.92. The number of aryl methyl sites for hydroxylation is 1. The number of sulfonamides is 1. The van der Waals surface area contributed by atoms with Crippen molar-refractivity contribution in [3.05, 3.63) is 27.7 Å². The van der Waals surface area contributed by atoms with E-state index in [2.05, 4.69) is 14.7 Å². The quantitative estimate of drug-likeness (QED) is 0.749. The highest BCUT2D eigenvalue weighted by Gasteiger charge is 2.24. The summed E-state index contributed by atoms with van der Waals surface area (Å²) in [5, 5.41) is 2.43. The molecule has 0 fully saturated rings. The maximum Gasteiger partial charge on any atom is 0.260 e. The van der Waals surface area contributed by atoms with Gasteiger partial charge in [0.2, 0.25) is 0 Å². The summed E-state index contributed by atoms with van der Waals surface area (Å²) in [7, 11) is -3.73. The Morgan fingerprint density at radius 2 is 2.30 bits per heavy atom. The van der Waals surface area contributed by atoms with Crippen LogP contribution in [0.2, 0.25) is 0 Å².